The fourth-order valence-electron chi connectivity index (χ4n) is 2.52. The fraction of sp³-hybridized carbons (Fsp3) is 0.105. The molecule has 27 heavy (non-hydrogen) atoms. The lowest BCUT2D eigenvalue weighted by atomic mass is 10.2. The lowest BCUT2D eigenvalue weighted by molar-refractivity contribution is 0.0959. The largest absolute Gasteiger partial charge is 0.360 e. The zero-order valence-electron chi connectivity index (χ0n) is 14.1. The highest BCUT2D eigenvalue weighted by Gasteiger charge is 2.13. The summed E-state index contributed by atoms with van der Waals surface area (Å²) in [5.41, 5.74) is 1.36. The van der Waals surface area contributed by atoms with Gasteiger partial charge < -0.3 is 10.6 Å². The van der Waals surface area contributed by atoms with Crippen molar-refractivity contribution in [1.82, 2.24) is 15.3 Å². The topological polar surface area (TPSA) is 66.9 Å². The number of carbonyl (C=O) groups is 1. The standard InChI is InChI=1S/C19H15FN4OS2/c20-13-6-2-1-5-12(13)18-23-11-16(26-18)17(25)21-9-10-22-19-24-14-7-3-4-8-15(14)27-19/h1-8,11H,9-10H2,(H,21,25)(H,22,24). The normalized spacial score (nSPS) is 10.9. The molecule has 0 fully saturated rings. The van der Waals surface area contributed by atoms with Crippen molar-refractivity contribution in [3.63, 3.8) is 0 Å². The summed E-state index contributed by atoms with van der Waals surface area (Å²) in [5, 5.41) is 7.36. The summed E-state index contributed by atoms with van der Waals surface area (Å²) >= 11 is 2.75. The summed E-state index contributed by atoms with van der Waals surface area (Å²) in [6.45, 7) is 1.01. The molecule has 0 radical (unpaired) electrons. The Bertz CT molecular complexity index is 1060. The van der Waals surface area contributed by atoms with Gasteiger partial charge in [-0.25, -0.2) is 14.4 Å². The number of rotatable bonds is 6. The van der Waals surface area contributed by atoms with E-state index in [4.69, 9.17) is 0 Å². The van der Waals surface area contributed by atoms with Crippen LogP contribution in [0.15, 0.2) is 54.7 Å². The molecule has 0 saturated heterocycles. The molecule has 1 amide bonds. The summed E-state index contributed by atoms with van der Waals surface area (Å²) < 4.78 is 14.9. The highest BCUT2D eigenvalue weighted by Crippen LogP contribution is 2.27. The number of nitrogens with one attached hydrogen (secondary N) is 2. The molecule has 4 aromatic rings. The number of fused-ring (bicyclic) bond motifs is 1. The van der Waals surface area contributed by atoms with Gasteiger partial charge >= 0.3 is 0 Å². The van der Waals surface area contributed by atoms with Crippen molar-refractivity contribution in [2.45, 2.75) is 0 Å². The van der Waals surface area contributed by atoms with E-state index in [-0.39, 0.29) is 11.7 Å². The minimum Gasteiger partial charge on any atom is -0.360 e. The van der Waals surface area contributed by atoms with Crippen LogP contribution < -0.4 is 10.6 Å². The Labute approximate surface area is 162 Å². The molecule has 0 aliphatic rings. The summed E-state index contributed by atoms with van der Waals surface area (Å²) in [6, 6.07) is 14.3. The monoisotopic (exact) mass is 398 g/mol. The van der Waals surface area contributed by atoms with Crippen LogP contribution in [0.3, 0.4) is 0 Å². The predicted molar refractivity (Wildman–Crippen MR) is 108 cm³/mol. The number of hydrogen-bond acceptors (Lipinski definition) is 6. The Morgan fingerprint density at radius 1 is 1.04 bits per heavy atom. The molecular weight excluding hydrogens is 383 g/mol. The summed E-state index contributed by atoms with van der Waals surface area (Å²) in [5.74, 6) is -0.569. The first-order valence-corrected chi connectivity index (χ1v) is 9.92. The van der Waals surface area contributed by atoms with E-state index in [0.717, 1.165) is 15.3 Å². The van der Waals surface area contributed by atoms with Crippen molar-refractivity contribution in [1.29, 1.82) is 0 Å². The first-order valence-electron chi connectivity index (χ1n) is 8.29. The number of amides is 1. The zero-order chi connectivity index (χ0) is 18.6. The number of para-hydroxylation sites is 1. The Morgan fingerprint density at radius 3 is 2.70 bits per heavy atom. The molecule has 0 atom stereocenters. The molecule has 0 bridgehead atoms. The van der Waals surface area contributed by atoms with Crippen LogP contribution in [0.2, 0.25) is 0 Å². The molecule has 4 rings (SSSR count). The van der Waals surface area contributed by atoms with Crippen LogP contribution in [0.4, 0.5) is 9.52 Å². The highest BCUT2D eigenvalue weighted by molar-refractivity contribution is 7.22. The Balaban J connectivity index is 1.31. The van der Waals surface area contributed by atoms with Gasteiger partial charge in [0.15, 0.2) is 5.13 Å². The van der Waals surface area contributed by atoms with Crippen LogP contribution in [-0.2, 0) is 0 Å². The van der Waals surface area contributed by atoms with Gasteiger partial charge in [-0.15, -0.1) is 11.3 Å². The smallest absolute Gasteiger partial charge is 0.263 e. The van der Waals surface area contributed by atoms with E-state index in [0.29, 0.717) is 28.5 Å². The third-order valence-electron chi connectivity index (χ3n) is 3.81. The predicted octanol–water partition coefficient (Wildman–Crippen LogP) is 4.40. The molecule has 0 aliphatic heterocycles. The van der Waals surface area contributed by atoms with Gasteiger partial charge in [0.05, 0.1) is 16.4 Å². The van der Waals surface area contributed by atoms with Gasteiger partial charge in [-0.3, -0.25) is 4.79 Å². The molecule has 0 saturated carbocycles. The van der Waals surface area contributed by atoms with Crippen molar-refractivity contribution in [2.24, 2.45) is 0 Å². The highest BCUT2D eigenvalue weighted by atomic mass is 32.1. The fourth-order valence-corrected chi connectivity index (χ4v) is 4.27. The number of thiazole rings is 2. The molecule has 2 aromatic carbocycles. The van der Waals surface area contributed by atoms with Crippen LogP contribution in [0.5, 0.6) is 0 Å². The van der Waals surface area contributed by atoms with E-state index in [1.807, 2.05) is 24.3 Å². The van der Waals surface area contributed by atoms with Crippen molar-refractivity contribution < 1.29 is 9.18 Å². The van der Waals surface area contributed by atoms with Crippen molar-refractivity contribution >= 4 is 43.9 Å². The molecule has 2 aromatic heterocycles. The number of aromatic nitrogens is 2. The van der Waals surface area contributed by atoms with Crippen molar-refractivity contribution in [2.75, 3.05) is 18.4 Å². The van der Waals surface area contributed by atoms with Crippen LogP contribution >= 0.6 is 22.7 Å². The molecule has 5 nitrogen and oxygen atoms in total. The van der Waals surface area contributed by atoms with Crippen LogP contribution in [0.1, 0.15) is 9.67 Å². The average Bonchev–Trinajstić information content (AvgIpc) is 3.32. The number of carbonyl (C=O) groups excluding carboxylic acids is 1. The van der Waals surface area contributed by atoms with E-state index in [1.165, 1.54) is 23.6 Å². The van der Waals surface area contributed by atoms with Gasteiger partial charge in [0.1, 0.15) is 15.7 Å². The van der Waals surface area contributed by atoms with Gasteiger partial charge in [-0.05, 0) is 24.3 Å². The quantitative estimate of drug-likeness (QED) is 0.473. The molecule has 2 heterocycles. The third kappa shape index (κ3) is 3.96. The second-order valence-electron chi connectivity index (χ2n) is 5.68. The maximum absolute atomic E-state index is 13.8. The van der Waals surface area contributed by atoms with Crippen molar-refractivity contribution in [3.05, 3.63) is 65.4 Å². The minimum absolute atomic E-state index is 0.221. The summed E-state index contributed by atoms with van der Waals surface area (Å²) in [4.78, 5) is 21.3. The van der Waals surface area contributed by atoms with Gasteiger partial charge in [0, 0.05) is 18.7 Å². The molecule has 8 heteroatoms. The van der Waals surface area contributed by atoms with E-state index in [1.54, 1.807) is 29.5 Å². The number of hydrogen-bond donors (Lipinski definition) is 2. The molecule has 0 unspecified atom stereocenters. The lowest BCUT2D eigenvalue weighted by Gasteiger charge is -2.04. The maximum Gasteiger partial charge on any atom is 0.263 e. The summed E-state index contributed by atoms with van der Waals surface area (Å²) in [7, 11) is 0. The van der Waals surface area contributed by atoms with E-state index in [9.17, 15) is 9.18 Å². The van der Waals surface area contributed by atoms with E-state index in [2.05, 4.69) is 20.6 Å². The van der Waals surface area contributed by atoms with Gasteiger partial charge in [0.2, 0.25) is 0 Å². The lowest BCUT2D eigenvalue weighted by Crippen LogP contribution is -2.28. The van der Waals surface area contributed by atoms with Crippen LogP contribution in [0, 0.1) is 5.82 Å². The third-order valence-corrected chi connectivity index (χ3v) is 5.84. The van der Waals surface area contributed by atoms with E-state index >= 15 is 0 Å². The van der Waals surface area contributed by atoms with Gasteiger partial charge in [0.25, 0.3) is 5.91 Å². The Hall–Kier alpha value is -2.84. The van der Waals surface area contributed by atoms with Gasteiger partial charge in [-0.1, -0.05) is 35.6 Å². The first kappa shape index (κ1) is 17.6. The van der Waals surface area contributed by atoms with Crippen LogP contribution in [0.25, 0.3) is 20.8 Å². The van der Waals surface area contributed by atoms with Gasteiger partial charge in [-0.2, -0.15) is 0 Å². The second kappa shape index (κ2) is 7.81. The number of nitrogens with zero attached hydrogens (tertiary/aromatic N) is 2. The molecule has 136 valence electrons. The second-order valence-corrected chi connectivity index (χ2v) is 7.74. The molecule has 2 N–H and O–H groups in total. The molecule has 0 spiro atoms. The summed E-state index contributed by atoms with van der Waals surface area (Å²) in [6.07, 6.45) is 1.47. The van der Waals surface area contributed by atoms with Crippen molar-refractivity contribution in [3.8, 4) is 10.6 Å². The zero-order valence-corrected chi connectivity index (χ0v) is 15.7. The average molecular weight is 398 g/mol. The van der Waals surface area contributed by atoms with E-state index < -0.39 is 0 Å². The SMILES string of the molecule is O=C(NCCNc1nc2ccccc2s1)c1cnc(-c2ccccc2F)s1. The van der Waals surface area contributed by atoms with Crippen LogP contribution in [-0.4, -0.2) is 29.0 Å². The molecular formula is C19H15FN4OS2. The maximum atomic E-state index is 13.8. The Kier molecular flexibility index (Phi) is 5.08. The minimum atomic E-state index is -0.348. The molecule has 0 aliphatic carbocycles. The number of benzene rings is 2. The number of anilines is 1. The first-order chi connectivity index (χ1) is 13.2. The Morgan fingerprint density at radius 2 is 1.85 bits per heavy atom. The number of halogens is 1.